The quantitative estimate of drug-likeness (QED) is 0.611. The zero-order valence-corrected chi connectivity index (χ0v) is 11.3. The fraction of sp³-hybridized carbons (Fsp3) is 0.294. The van der Waals surface area contributed by atoms with Crippen molar-refractivity contribution in [3.05, 3.63) is 48.0 Å². The Morgan fingerprint density at radius 1 is 0.789 bits per heavy atom. The van der Waals surface area contributed by atoms with E-state index in [1.54, 1.807) is 12.1 Å². The van der Waals surface area contributed by atoms with E-state index in [1.807, 2.05) is 0 Å². The topological polar surface area (TPSA) is 40.5 Å². The van der Waals surface area contributed by atoms with Crippen molar-refractivity contribution in [1.82, 2.24) is 0 Å². The molecule has 0 radical (unpaired) electrons. The lowest BCUT2D eigenvalue weighted by atomic mass is 10.0. The molecule has 2 N–H and O–H groups in total. The van der Waals surface area contributed by atoms with Crippen molar-refractivity contribution in [3.63, 3.8) is 0 Å². The molecule has 100 valence electrons. The normalized spacial score (nSPS) is 10.6. The summed E-state index contributed by atoms with van der Waals surface area (Å²) in [6, 6.07) is 13.3. The van der Waals surface area contributed by atoms with E-state index in [2.05, 4.69) is 31.2 Å². The molecule has 0 saturated heterocycles. The molecule has 2 rings (SSSR count). The summed E-state index contributed by atoms with van der Waals surface area (Å²) in [5, 5.41) is 18.8. The van der Waals surface area contributed by atoms with Gasteiger partial charge in [-0.25, -0.2) is 0 Å². The van der Waals surface area contributed by atoms with Gasteiger partial charge in [0, 0.05) is 0 Å². The van der Waals surface area contributed by atoms with Crippen molar-refractivity contribution in [3.8, 4) is 22.6 Å². The zero-order chi connectivity index (χ0) is 13.7. The third-order valence-electron chi connectivity index (χ3n) is 3.33. The van der Waals surface area contributed by atoms with E-state index >= 15 is 0 Å². The molecule has 2 aromatic rings. The van der Waals surface area contributed by atoms with E-state index < -0.39 is 0 Å². The first-order chi connectivity index (χ1) is 9.20. The maximum absolute atomic E-state index is 9.51. The van der Waals surface area contributed by atoms with E-state index in [1.165, 1.54) is 30.9 Å². The van der Waals surface area contributed by atoms with Crippen molar-refractivity contribution < 1.29 is 10.2 Å². The maximum atomic E-state index is 9.51. The van der Waals surface area contributed by atoms with Crippen LogP contribution in [0.25, 0.3) is 11.1 Å². The SMILES string of the molecule is CCCCCc1ccc(-c2ccc(O)c(O)c2)cc1. The Balaban J connectivity index is 2.11. The number of aromatic hydroxyl groups is 2. The Kier molecular flexibility index (Phi) is 4.45. The van der Waals surface area contributed by atoms with Gasteiger partial charge >= 0.3 is 0 Å². The number of phenolic OH excluding ortho intramolecular Hbond substituents is 2. The minimum Gasteiger partial charge on any atom is -0.504 e. The minimum atomic E-state index is -0.0834. The summed E-state index contributed by atoms with van der Waals surface area (Å²) in [6.45, 7) is 2.21. The predicted octanol–water partition coefficient (Wildman–Crippen LogP) is 4.50. The molecule has 0 aliphatic rings. The van der Waals surface area contributed by atoms with Gasteiger partial charge in [-0.1, -0.05) is 50.1 Å². The molecule has 0 heterocycles. The average Bonchev–Trinajstić information content (AvgIpc) is 2.43. The Bertz CT molecular complexity index is 529. The van der Waals surface area contributed by atoms with E-state index in [-0.39, 0.29) is 11.5 Å². The molecule has 0 atom stereocenters. The van der Waals surface area contributed by atoms with Crippen LogP contribution in [0.4, 0.5) is 0 Å². The molecule has 0 aromatic heterocycles. The molecule has 0 unspecified atom stereocenters. The highest BCUT2D eigenvalue weighted by molar-refractivity contribution is 5.67. The molecule has 0 aliphatic carbocycles. The molecule has 19 heavy (non-hydrogen) atoms. The lowest BCUT2D eigenvalue weighted by molar-refractivity contribution is 0.404. The van der Waals surface area contributed by atoms with Gasteiger partial charge in [-0.3, -0.25) is 0 Å². The van der Waals surface area contributed by atoms with Crippen LogP contribution in [0.2, 0.25) is 0 Å². The largest absolute Gasteiger partial charge is 0.504 e. The molecule has 2 nitrogen and oxygen atoms in total. The Morgan fingerprint density at radius 3 is 2.11 bits per heavy atom. The van der Waals surface area contributed by atoms with Gasteiger partial charge < -0.3 is 10.2 Å². The van der Waals surface area contributed by atoms with Crippen molar-refractivity contribution in [2.24, 2.45) is 0 Å². The molecular formula is C17H20O2. The van der Waals surface area contributed by atoms with Crippen LogP contribution in [0.3, 0.4) is 0 Å². The third kappa shape index (κ3) is 3.50. The van der Waals surface area contributed by atoms with Crippen LogP contribution < -0.4 is 0 Å². The van der Waals surface area contributed by atoms with Crippen molar-refractivity contribution in [2.45, 2.75) is 32.6 Å². The molecule has 0 aliphatic heterocycles. The van der Waals surface area contributed by atoms with E-state index in [0.717, 1.165) is 17.5 Å². The van der Waals surface area contributed by atoms with Crippen molar-refractivity contribution in [1.29, 1.82) is 0 Å². The fourth-order valence-corrected chi connectivity index (χ4v) is 2.15. The standard InChI is InChI=1S/C17H20O2/c1-2-3-4-5-13-6-8-14(9-7-13)15-10-11-16(18)17(19)12-15/h6-12,18-19H,2-5H2,1H3. The van der Waals surface area contributed by atoms with Crippen LogP contribution >= 0.6 is 0 Å². The predicted molar refractivity (Wildman–Crippen MR) is 78.4 cm³/mol. The molecule has 0 amide bonds. The maximum Gasteiger partial charge on any atom is 0.158 e. The van der Waals surface area contributed by atoms with Crippen LogP contribution in [0, 0.1) is 0 Å². The van der Waals surface area contributed by atoms with Gasteiger partial charge in [0.05, 0.1) is 0 Å². The van der Waals surface area contributed by atoms with E-state index in [4.69, 9.17) is 0 Å². The molecular weight excluding hydrogens is 236 g/mol. The highest BCUT2D eigenvalue weighted by atomic mass is 16.3. The van der Waals surface area contributed by atoms with Crippen LogP contribution in [0.5, 0.6) is 11.5 Å². The highest BCUT2D eigenvalue weighted by Gasteiger charge is 2.03. The van der Waals surface area contributed by atoms with Crippen LogP contribution in [0.1, 0.15) is 31.7 Å². The van der Waals surface area contributed by atoms with Gasteiger partial charge in [-0.2, -0.15) is 0 Å². The first-order valence-corrected chi connectivity index (χ1v) is 6.82. The number of benzene rings is 2. The lowest BCUT2D eigenvalue weighted by Crippen LogP contribution is -1.86. The minimum absolute atomic E-state index is 0.0791. The number of rotatable bonds is 5. The summed E-state index contributed by atoms with van der Waals surface area (Å²) in [5.74, 6) is -0.163. The second kappa shape index (κ2) is 6.28. The number of hydrogen-bond donors (Lipinski definition) is 2. The number of unbranched alkanes of at least 4 members (excludes halogenated alkanes) is 2. The molecule has 0 bridgehead atoms. The molecule has 2 heteroatoms. The van der Waals surface area contributed by atoms with Gasteiger partial charge in [0.15, 0.2) is 11.5 Å². The van der Waals surface area contributed by atoms with Gasteiger partial charge in [-0.05, 0) is 41.7 Å². The summed E-state index contributed by atoms with van der Waals surface area (Å²) in [7, 11) is 0. The first-order valence-electron chi connectivity index (χ1n) is 6.82. The molecule has 0 fully saturated rings. The van der Waals surface area contributed by atoms with Crippen LogP contribution in [0.15, 0.2) is 42.5 Å². The van der Waals surface area contributed by atoms with E-state index in [9.17, 15) is 10.2 Å². The Labute approximate surface area is 114 Å². The highest BCUT2D eigenvalue weighted by Crippen LogP contribution is 2.30. The summed E-state index contributed by atoms with van der Waals surface area (Å²) in [4.78, 5) is 0. The number of hydrogen-bond acceptors (Lipinski definition) is 2. The van der Waals surface area contributed by atoms with Crippen LogP contribution in [-0.2, 0) is 6.42 Å². The van der Waals surface area contributed by atoms with Crippen LogP contribution in [-0.4, -0.2) is 10.2 Å². The third-order valence-corrected chi connectivity index (χ3v) is 3.33. The van der Waals surface area contributed by atoms with Gasteiger partial charge in [0.25, 0.3) is 0 Å². The Morgan fingerprint density at radius 2 is 1.47 bits per heavy atom. The smallest absolute Gasteiger partial charge is 0.158 e. The number of aryl methyl sites for hydroxylation is 1. The van der Waals surface area contributed by atoms with Gasteiger partial charge in [0.1, 0.15) is 0 Å². The summed E-state index contributed by atoms with van der Waals surface area (Å²) < 4.78 is 0. The molecule has 0 spiro atoms. The summed E-state index contributed by atoms with van der Waals surface area (Å²) >= 11 is 0. The Hall–Kier alpha value is -1.96. The van der Waals surface area contributed by atoms with Gasteiger partial charge in [0.2, 0.25) is 0 Å². The summed E-state index contributed by atoms with van der Waals surface area (Å²) in [5.41, 5.74) is 3.31. The number of phenols is 2. The van der Waals surface area contributed by atoms with E-state index in [0.29, 0.717) is 0 Å². The zero-order valence-electron chi connectivity index (χ0n) is 11.3. The second-order valence-electron chi connectivity index (χ2n) is 4.86. The van der Waals surface area contributed by atoms with Crippen molar-refractivity contribution in [2.75, 3.05) is 0 Å². The molecule has 2 aromatic carbocycles. The fourth-order valence-electron chi connectivity index (χ4n) is 2.15. The first kappa shape index (κ1) is 13.5. The van der Waals surface area contributed by atoms with Crippen molar-refractivity contribution >= 4 is 0 Å². The molecule has 0 saturated carbocycles. The summed E-state index contributed by atoms with van der Waals surface area (Å²) in [6.07, 6.45) is 4.86. The van der Waals surface area contributed by atoms with Gasteiger partial charge in [-0.15, -0.1) is 0 Å². The lowest BCUT2D eigenvalue weighted by Gasteiger charge is -2.06. The average molecular weight is 256 g/mol. The monoisotopic (exact) mass is 256 g/mol. The second-order valence-corrected chi connectivity index (χ2v) is 4.86.